The first-order valence-electron chi connectivity index (χ1n) is 9.66. The van der Waals surface area contributed by atoms with Gasteiger partial charge in [-0.05, 0) is 36.4 Å². The van der Waals surface area contributed by atoms with Gasteiger partial charge >= 0.3 is 0 Å². The largest absolute Gasteiger partial charge is 0.269 e. The molecule has 0 aromatic heterocycles. The Balaban J connectivity index is 1.83. The van der Waals surface area contributed by atoms with Gasteiger partial charge in [-0.2, -0.15) is 15.3 Å². The highest BCUT2D eigenvalue weighted by Crippen LogP contribution is 2.13. The fraction of sp³-hybridized carbons (Fsp3) is 0.125. The molecule has 3 aromatic rings. The van der Waals surface area contributed by atoms with Gasteiger partial charge in [-0.25, -0.2) is 0 Å². The summed E-state index contributed by atoms with van der Waals surface area (Å²) in [5.41, 5.74) is 3.57. The van der Waals surface area contributed by atoms with Crippen LogP contribution in [0.15, 0.2) is 106 Å². The summed E-state index contributed by atoms with van der Waals surface area (Å²) >= 11 is 0. The van der Waals surface area contributed by atoms with Crippen LogP contribution >= 0.6 is 0 Å². The second-order valence-corrected chi connectivity index (χ2v) is 6.59. The van der Waals surface area contributed by atoms with E-state index < -0.39 is 0 Å². The van der Waals surface area contributed by atoms with Gasteiger partial charge in [-0.15, -0.1) is 0 Å². The minimum atomic E-state index is 0.618. The van der Waals surface area contributed by atoms with E-state index in [4.69, 9.17) is 0 Å². The Morgan fingerprint density at radius 1 is 0.533 bits per heavy atom. The quantitative estimate of drug-likeness (QED) is 0.407. The Bertz CT molecular complexity index is 926. The fourth-order valence-corrected chi connectivity index (χ4v) is 2.67. The zero-order valence-corrected chi connectivity index (χ0v) is 17.5. The lowest BCUT2D eigenvalue weighted by molar-refractivity contribution is 1.01. The number of hydrogen-bond donors (Lipinski definition) is 0. The maximum atomic E-state index is 4.68. The number of hydrogen-bond acceptors (Lipinski definition) is 6. The van der Waals surface area contributed by atoms with Gasteiger partial charge < -0.3 is 0 Å². The Labute approximate surface area is 178 Å². The molecule has 0 unspecified atom stereocenters. The van der Waals surface area contributed by atoms with Gasteiger partial charge in [-0.1, -0.05) is 54.6 Å². The van der Waals surface area contributed by atoms with E-state index in [2.05, 4.69) is 15.3 Å². The summed E-state index contributed by atoms with van der Waals surface area (Å²) in [6.07, 6.45) is 3.41. The SMILES string of the molecule is CN(N=CC(/C=N/N(C)c1ccccc1)=NN(C)c1ccccc1)c1ccccc1. The molecule has 0 saturated carbocycles. The lowest BCUT2D eigenvalue weighted by Crippen LogP contribution is -2.19. The summed E-state index contributed by atoms with van der Waals surface area (Å²) < 4.78 is 0. The third kappa shape index (κ3) is 6.04. The Kier molecular flexibility index (Phi) is 7.33. The van der Waals surface area contributed by atoms with E-state index >= 15 is 0 Å². The molecule has 0 spiro atoms. The number of para-hydroxylation sites is 3. The predicted molar refractivity (Wildman–Crippen MR) is 129 cm³/mol. The van der Waals surface area contributed by atoms with E-state index in [1.807, 2.05) is 112 Å². The number of anilines is 3. The minimum absolute atomic E-state index is 0.618. The molecule has 0 radical (unpaired) electrons. The molecule has 30 heavy (non-hydrogen) atoms. The molecule has 152 valence electrons. The molecule has 0 atom stereocenters. The lowest BCUT2D eigenvalue weighted by atomic mass is 10.3. The van der Waals surface area contributed by atoms with Gasteiger partial charge in [0.2, 0.25) is 0 Å². The van der Waals surface area contributed by atoms with Crippen LogP contribution in [0.3, 0.4) is 0 Å². The Morgan fingerprint density at radius 3 is 1.23 bits per heavy atom. The van der Waals surface area contributed by atoms with E-state index in [0.717, 1.165) is 17.1 Å². The Morgan fingerprint density at radius 2 is 0.867 bits per heavy atom. The Hall–Kier alpha value is -3.93. The summed E-state index contributed by atoms with van der Waals surface area (Å²) in [6, 6.07) is 29.8. The highest BCUT2D eigenvalue weighted by Gasteiger charge is 2.03. The number of rotatable bonds is 8. The molecular formula is C24H26N6. The average Bonchev–Trinajstić information content (AvgIpc) is 2.82. The molecule has 6 nitrogen and oxygen atoms in total. The predicted octanol–water partition coefficient (Wildman–Crippen LogP) is 4.72. The highest BCUT2D eigenvalue weighted by molar-refractivity contribution is 6.56. The normalized spacial score (nSPS) is 11.8. The maximum absolute atomic E-state index is 4.68. The third-order valence-corrected chi connectivity index (χ3v) is 4.38. The number of benzene rings is 3. The van der Waals surface area contributed by atoms with Crippen molar-refractivity contribution in [2.45, 2.75) is 0 Å². The third-order valence-electron chi connectivity index (χ3n) is 4.38. The van der Waals surface area contributed by atoms with E-state index in [1.165, 1.54) is 0 Å². The minimum Gasteiger partial charge on any atom is -0.269 e. The summed E-state index contributed by atoms with van der Waals surface area (Å²) in [6.45, 7) is 0. The second-order valence-electron chi connectivity index (χ2n) is 6.59. The van der Waals surface area contributed by atoms with E-state index in [0.29, 0.717) is 5.71 Å². The van der Waals surface area contributed by atoms with E-state index in [1.54, 1.807) is 27.5 Å². The molecule has 0 aliphatic rings. The molecule has 6 heteroatoms. The van der Waals surface area contributed by atoms with Crippen molar-refractivity contribution < 1.29 is 0 Å². The van der Waals surface area contributed by atoms with Crippen molar-refractivity contribution in [3.63, 3.8) is 0 Å². The second kappa shape index (κ2) is 10.6. The van der Waals surface area contributed by atoms with Gasteiger partial charge in [0.05, 0.1) is 29.5 Å². The summed E-state index contributed by atoms with van der Waals surface area (Å²) in [5, 5.41) is 19.1. The molecule has 3 rings (SSSR count). The topological polar surface area (TPSA) is 46.8 Å². The van der Waals surface area contributed by atoms with Gasteiger partial charge in [0.15, 0.2) is 0 Å². The van der Waals surface area contributed by atoms with Crippen LogP contribution in [0.5, 0.6) is 0 Å². The van der Waals surface area contributed by atoms with Crippen LogP contribution < -0.4 is 15.0 Å². The average molecular weight is 399 g/mol. The molecule has 0 N–H and O–H groups in total. The van der Waals surface area contributed by atoms with E-state index in [-0.39, 0.29) is 0 Å². The summed E-state index contributed by atoms with van der Waals surface area (Å²) in [4.78, 5) is 0. The molecule has 0 heterocycles. The van der Waals surface area contributed by atoms with Crippen LogP contribution in [-0.4, -0.2) is 39.3 Å². The monoisotopic (exact) mass is 398 g/mol. The van der Waals surface area contributed by atoms with Gasteiger partial charge in [0, 0.05) is 21.1 Å². The standard InChI is InChI=1S/C24H26N6/c1-28(22-13-7-4-8-14-22)25-19-21(27-30(3)24-17-11-6-12-18-24)20-26-29(2)23-15-9-5-10-16-23/h4-20H,1-3H3/b25-19+,26-20?,27-21?. The first kappa shape index (κ1) is 20.8. The lowest BCUT2D eigenvalue weighted by Gasteiger charge is -2.15. The molecule has 0 saturated heterocycles. The molecule has 0 aliphatic heterocycles. The molecule has 0 aliphatic carbocycles. The molecule has 0 fully saturated rings. The summed E-state index contributed by atoms with van der Waals surface area (Å²) in [5.74, 6) is 0. The first-order valence-corrected chi connectivity index (χ1v) is 9.66. The van der Waals surface area contributed by atoms with Crippen molar-refractivity contribution in [1.82, 2.24) is 0 Å². The van der Waals surface area contributed by atoms with Crippen LogP contribution in [0.25, 0.3) is 0 Å². The summed E-state index contributed by atoms with van der Waals surface area (Å²) in [7, 11) is 5.70. The zero-order chi connectivity index (χ0) is 21.2. The van der Waals surface area contributed by atoms with Crippen molar-refractivity contribution >= 4 is 35.2 Å². The van der Waals surface area contributed by atoms with E-state index in [9.17, 15) is 0 Å². The number of nitrogens with zero attached hydrogens (tertiary/aromatic N) is 6. The van der Waals surface area contributed by atoms with Crippen molar-refractivity contribution in [2.24, 2.45) is 15.3 Å². The van der Waals surface area contributed by atoms with Gasteiger partial charge in [-0.3, -0.25) is 15.0 Å². The highest BCUT2D eigenvalue weighted by atomic mass is 15.5. The van der Waals surface area contributed by atoms with Crippen LogP contribution in [0.2, 0.25) is 0 Å². The van der Waals surface area contributed by atoms with Gasteiger partial charge in [0.1, 0.15) is 5.71 Å². The van der Waals surface area contributed by atoms with Crippen LogP contribution in [-0.2, 0) is 0 Å². The molecular weight excluding hydrogens is 372 g/mol. The maximum Gasteiger partial charge on any atom is 0.124 e. The van der Waals surface area contributed by atoms with Crippen molar-refractivity contribution in [2.75, 3.05) is 36.2 Å². The van der Waals surface area contributed by atoms with Crippen LogP contribution in [0, 0.1) is 0 Å². The smallest absolute Gasteiger partial charge is 0.124 e. The van der Waals surface area contributed by atoms with Crippen LogP contribution in [0.1, 0.15) is 0 Å². The van der Waals surface area contributed by atoms with Crippen molar-refractivity contribution in [1.29, 1.82) is 0 Å². The van der Waals surface area contributed by atoms with Crippen molar-refractivity contribution in [3.8, 4) is 0 Å². The first-order chi connectivity index (χ1) is 14.6. The van der Waals surface area contributed by atoms with Gasteiger partial charge in [0.25, 0.3) is 0 Å². The molecule has 3 aromatic carbocycles. The molecule has 0 bridgehead atoms. The van der Waals surface area contributed by atoms with Crippen LogP contribution in [0.4, 0.5) is 17.1 Å². The molecule has 0 amide bonds. The number of hydrazone groups is 3. The van der Waals surface area contributed by atoms with Crippen molar-refractivity contribution in [3.05, 3.63) is 91.0 Å². The fourth-order valence-electron chi connectivity index (χ4n) is 2.67. The zero-order valence-electron chi connectivity index (χ0n) is 17.5.